The Morgan fingerprint density at radius 1 is 1.32 bits per heavy atom. The first-order valence-electron chi connectivity index (χ1n) is 9.11. The van der Waals surface area contributed by atoms with Crippen LogP contribution in [0.2, 0.25) is 0 Å². The fraction of sp³-hybridized carbons (Fsp3) is 0.579. The number of nitrogens with zero attached hydrogens (tertiary/aromatic N) is 4. The van der Waals surface area contributed by atoms with E-state index < -0.39 is 0 Å². The van der Waals surface area contributed by atoms with Gasteiger partial charge >= 0.3 is 0 Å². The molecule has 1 saturated carbocycles. The van der Waals surface area contributed by atoms with Crippen molar-refractivity contribution in [3.8, 4) is 0 Å². The van der Waals surface area contributed by atoms with E-state index >= 15 is 0 Å². The van der Waals surface area contributed by atoms with E-state index in [1.165, 1.54) is 29.5 Å². The van der Waals surface area contributed by atoms with Crippen LogP contribution in [0.4, 0.5) is 0 Å². The molecule has 2 aromatic rings. The first-order chi connectivity index (χ1) is 12.1. The van der Waals surface area contributed by atoms with Crippen LogP contribution in [0.3, 0.4) is 0 Å². The van der Waals surface area contributed by atoms with Crippen LogP contribution in [0.5, 0.6) is 0 Å². The highest BCUT2D eigenvalue weighted by molar-refractivity contribution is 5.85. The molecule has 1 saturated heterocycles. The number of amides is 1. The molecule has 0 N–H and O–H groups in total. The highest BCUT2D eigenvalue weighted by Gasteiger charge is 2.33. The number of ether oxygens (including phenoxy) is 1. The van der Waals surface area contributed by atoms with Crippen molar-refractivity contribution in [2.45, 2.75) is 31.8 Å². The van der Waals surface area contributed by atoms with Crippen LogP contribution >= 0.6 is 0 Å². The maximum atomic E-state index is 12.4. The molecule has 25 heavy (non-hydrogen) atoms. The summed E-state index contributed by atoms with van der Waals surface area (Å²) < 4.78 is 7.66. The van der Waals surface area contributed by atoms with Gasteiger partial charge in [-0.3, -0.25) is 9.69 Å². The quantitative estimate of drug-likeness (QED) is 0.832. The molecule has 134 valence electrons. The van der Waals surface area contributed by atoms with Crippen LogP contribution in [0.15, 0.2) is 18.3 Å². The predicted molar refractivity (Wildman–Crippen MR) is 96.5 cm³/mol. The SMILES string of the molecule is CN(C)C(=O)Cn1c(C2CC2)c(CN2CCOCC2)c2cccnc21. The molecule has 2 aliphatic rings. The van der Waals surface area contributed by atoms with Gasteiger partial charge in [-0.1, -0.05) is 0 Å². The number of rotatable bonds is 5. The van der Waals surface area contributed by atoms with Crippen molar-refractivity contribution in [2.75, 3.05) is 40.4 Å². The number of likely N-dealkylation sites (N-methyl/N-ethyl adjacent to an activating group) is 1. The van der Waals surface area contributed by atoms with Gasteiger partial charge in [-0.2, -0.15) is 0 Å². The number of aromatic nitrogens is 2. The molecule has 0 spiro atoms. The molecule has 1 aliphatic heterocycles. The molecule has 0 unspecified atom stereocenters. The molecule has 1 amide bonds. The average Bonchev–Trinajstić information content (AvgIpc) is 3.42. The first kappa shape index (κ1) is 16.5. The zero-order chi connectivity index (χ0) is 17.4. The fourth-order valence-corrected chi connectivity index (χ4v) is 3.67. The first-order valence-corrected chi connectivity index (χ1v) is 9.11. The summed E-state index contributed by atoms with van der Waals surface area (Å²) in [5, 5.41) is 1.20. The molecule has 2 fully saturated rings. The monoisotopic (exact) mass is 342 g/mol. The maximum absolute atomic E-state index is 12.4. The topological polar surface area (TPSA) is 50.6 Å². The minimum atomic E-state index is 0.113. The largest absolute Gasteiger partial charge is 0.379 e. The molecule has 0 atom stereocenters. The lowest BCUT2D eigenvalue weighted by Crippen LogP contribution is -2.35. The Hall–Kier alpha value is -1.92. The van der Waals surface area contributed by atoms with E-state index in [-0.39, 0.29) is 5.91 Å². The number of hydrogen-bond acceptors (Lipinski definition) is 4. The van der Waals surface area contributed by atoms with Crippen molar-refractivity contribution in [1.29, 1.82) is 0 Å². The average molecular weight is 342 g/mol. The van der Waals surface area contributed by atoms with Crippen LogP contribution in [0.25, 0.3) is 11.0 Å². The van der Waals surface area contributed by atoms with Crippen molar-refractivity contribution in [3.05, 3.63) is 29.6 Å². The molecule has 0 bridgehead atoms. The Balaban J connectivity index is 1.77. The summed E-state index contributed by atoms with van der Waals surface area (Å²) in [6, 6.07) is 4.15. The van der Waals surface area contributed by atoms with Gasteiger partial charge in [0.25, 0.3) is 0 Å². The Morgan fingerprint density at radius 2 is 2.08 bits per heavy atom. The molecular weight excluding hydrogens is 316 g/mol. The van der Waals surface area contributed by atoms with Gasteiger partial charge in [0.1, 0.15) is 12.2 Å². The second-order valence-electron chi connectivity index (χ2n) is 7.28. The van der Waals surface area contributed by atoms with Gasteiger partial charge in [-0.15, -0.1) is 0 Å². The van der Waals surface area contributed by atoms with E-state index in [2.05, 4.69) is 20.5 Å². The van der Waals surface area contributed by atoms with Gasteiger partial charge in [0.2, 0.25) is 5.91 Å². The van der Waals surface area contributed by atoms with E-state index in [0.717, 1.165) is 38.5 Å². The van der Waals surface area contributed by atoms with Crippen LogP contribution in [0, 0.1) is 0 Å². The summed E-state index contributed by atoms with van der Waals surface area (Å²) in [4.78, 5) is 21.1. The van der Waals surface area contributed by atoms with Crippen LogP contribution in [-0.2, 0) is 22.6 Å². The Bertz CT molecular complexity index is 773. The van der Waals surface area contributed by atoms with Crippen LogP contribution in [-0.4, -0.2) is 65.7 Å². The van der Waals surface area contributed by atoms with Crippen molar-refractivity contribution in [3.63, 3.8) is 0 Å². The molecule has 1 aliphatic carbocycles. The fourth-order valence-electron chi connectivity index (χ4n) is 3.67. The lowest BCUT2D eigenvalue weighted by atomic mass is 10.1. The summed E-state index contributed by atoms with van der Waals surface area (Å²) >= 11 is 0. The third-order valence-electron chi connectivity index (χ3n) is 5.21. The number of carbonyl (C=O) groups is 1. The lowest BCUT2D eigenvalue weighted by molar-refractivity contribution is -0.129. The summed E-state index contributed by atoms with van der Waals surface area (Å²) in [6.45, 7) is 4.82. The molecule has 4 rings (SSSR count). The highest BCUT2D eigenvalue weighted by atomic mass is 16.5. The van der Waals surface area contributed by atoms with E-state index in [0.29, 0.717) is 12.5 Å². The minimum Gasteiger partial charge on any atom is -0.379 e. The van der Waals surface area contributed by atoms with E-state index in [1.54, 1.807) is 4.90 Å². The Morgan fingerprint density at radius 3 is 2.76 bits per heavy atom. The smallest absolute Gasteiger partial charge is 0.242 e. The number of pyridine rings is 1. The zero-order valence-electron chi connectivity index (χ0n) is 15.1. The van der Waals surface area contributed by atoms with Gasteiger partial charge in [0, 0.05) is 51.0 Å². The summed E-state index contributed by atoms with van der Waals surface area (Å²) in [5.74, 6) is 0.683. The molecule has 3 heterocycles. The molecule has 0 radical (unpaired) electrons. The normalized spacial score (nSPS) is 18.6. The maximum Gasteiger partial charge on any atom is 0.242 e. The Kier molecular flexibility index (Phi) is 4.48. The van der Waals surface area contributed by atoms with E-state index in [4.69, 9.17) is 4.74 Å². The second kappa shape index (κ2) is 6.77. The molecular formula is C19H26N4O2. The van der Waals surface area contributed by atoms with Crippen LogP contribution in [0.1, 0.15) is 30.0 Å². The number of fused-ring (bicyclic) bond motifs is 1. The van der Waals surface area contributed by atoms with Crippen molar-refractivity contribution in [2.24, 2.45) is 0 Å². The zero-order valence-corrected chi connectivity index (χ0v) is 15.1. The number of morpholine rings is 1. The standard InChI is InChI=1S/C19H26N4O2/c1-21(2)17(24)13-23-18(14-5-6-14)16(12-22-8-10-25-11-9-22)15-4-3-7-20-19(15)23/h3-4,7,14H,5-6,8-13H2,1-2H3. The predicted octanol–water partition coefficient (Wildman–Crippen LogP) is 1.83. The summed E-state index contributed by atoms with van der Waals surface area (Å²) in [7, 11) is 3.62. The Labute approximate surface area is 148 Å². The summed E-state index contributed by atoms with van der Waals surface area (Å²) in [6.07, 6.45) is 4.25. The van der Waals surface area contributed by atoms with Crippen molar-refractivity contribution in [1.82, 2.24) is 19.4 Å². The number of carbonyl (C=O) groups excluding carboxylic acids is 1. The molecule has 2 aromatic heterocycles. The molecule has 6 nitrogen and oxygen atoms in total. The van der Waals surface area contributed by atoms with E-state index in [1.807, 2.05) is 26.4 Å². The minimum absolute atomic E-state index is 0.113. The lowest BCUT2D eigenvalue weighted by Gasteiger charge is -2.27. The van der Waals surface area contributed by atoms with Crippen molar-refractivity contribution < 1.29 is 9.53 Å². The third-order valence-corrected chi connectivity index (χ3v) is 5.21. The highest BCUT2D eigenvalue weighted by Crippen LogP contribution is 2.45. The second-order valence-corrected chi connectivity index (χ2v) is 7.28. The van der Waals surface area contributed by atoms with Gasteiger partial charge in [-0.05, 0) is 36.5 Å². The summed E-state index contributed by atoms with van der Waals surface area (Å²) in [5.41, 5.74) is 3.64. The van der Waals surface area contributed by atoms with Gasteiger partial charge < -0.3 is 14.2 Å². The van der Waals surface area contributed by atoms with Gasteiger partial charge in [0.05, 0.1) is 13.2 Å². The third kappa shape index (κ3) is 3.28. The molecule has 0 aromatic carbocycles. The van der Waals surface area contributed by atoms with E-state index in [9.17, 15) is 4.79 Å². The van der Waals surface area contributed by atoms with Gasteiger partial charge in [0.15, 0.2) is 0 Å². The molecule has 6 heteroatoms. The number of hydrogen-bond donors (Lipinski definition) is 0. The van der Waals surface area contributed by atoms with Gasteiger partial charge in [-0.25, -0.2) is 4.98 Å². The van der Waals surface area contributed by atoms with Crippen molar-refractivity contribution >= 4 is 16.9 Å². The van der Waals surface area contributed by atoms with Crippen LogP contribution < -0.4 is 0 Å².